The summed E-state index contributed by atoms with van der Waals surface area (Å²) in [5.74, 6) is -0.782. The van der Waals surface area contributed by atoms with Crippen LogP contribution < -0.4 is 10.5 Å². The normalized spacial score (nSPS) is 11.2. The largest absolute Gasteiger partial charge is 0.396 e. The number of anilines is 2. The number of nitrogens with zero attached hydrogens (tertiary/aromatic N) is 2. The Bertz CT molecular complexity index is 675. The minimum atomic E-state index is -4.02. The third-order valence-electron chi connectivity index (χ3n) is 2.07. The smallest absolute Gasteiger partial charge is 0.281 e. The van der Waals surface area contributed by atoms with E-state index in [1.807, 2.05) is 0 Å². The lowest BCUT2D eigenvalue weighted by Gasteiger charge is -2.09. The van der Waals surface area contributed by atoms with Crippen molar-refractivity contribution in [3.63, 3.8) is 0 Å². The van der Waals surface area contributed by atoms with E-state index >= 15 is 0 Å². The van der Waals surface area contributed by atoms with Crippen LogP contribution in [0.5, 0.6) is 0 Å². The van der Waals surface area contributed by atoms with E-state index < -0.39 is 15.8 Å². The van der Waals surface area contributed by atoms with Gasteiger partial charge < -0.3 is 5.73 Å². The highest BCUT2D eigenvalue weighted by Crippen LogP contribution is 2.20. The van der Waals surface area contributed by atoms with Gasteiger partial charge in [0, 0.05) is 12.4 Å². The molecule has 0 aromatic carbocycles. The number of nitrogens with one attached hydrogen (secondary N) is 1. The van der Waals surface area contributed by atoms with Gasteiger partial charge in [-0.25, -0.2) is 9.37 Å². The molecule has 0 bridgehead atoms. The van der Waals surface area contributed by atoms with Gasteiger partial charge in [-0.3, -0.25) is 9.71 Å². The highest BCUT2D eigenvalue weighted by atomic mass is 32.2. The number of halogens is 1. The molecule has 0 saturated heterocycles. The summed E-state index contributed by atoms with van der Waals surface area (Å²) >= 11 is 0. The summed E-state index contributed by atoms with van der Waals surface area (Å²) in [6.45, 7) is 0. The Morgan fingerprint density at radius 2 is 2.06 bits per heavy atom. The topological polar surface area (TPSA) is 98.0 Å². The molecule has 18 heavy (non-hydrogen) atoms. The van der Waals surface area contributed by atoms with E-state index in [2.05, 4.69) is 14.7 Å². The summed E-state index contributed by atoms with van der Waals surface area (Å²) < 4.78 is 39.2. The van der Waals surface area contributed by atoms with Crippen molar-refractivity contribution >= 4 is 21.4 Å². The fraction of sp³-hybridized carbons (Fsp3) is 0. The van der Waals surface area contributed by atoms with Crippen LogP contribution in [0.25, 0.3) is 0 Å². The van der Waals surface area contributed by atoms with Crippen molar-refractivity contribution < 1.29 is 12.8 Å². The first kappa shape index (κ1) is 12.2. The molecule has 0 radical (unpaired) electrons. The Kier molecular flexibility index (Phi) is 3.11. The van der Waals surface area contributed by atoms with Crippen molar-refractivity contribution in [3.05, 3.63) is 42.6 Å². The van der Waals surface area contributed by atoms with Crippen LogP contribution in [0.15, 0.2) is 41.8 Å². The van der Waals surface area contributed by atoms with Crippen molar-refractivity contribution in [1.82, 2.24) is 9.97 Å². The van der Waals surface area contributed by atoms with Crippen LogP contribution in [-0.2, 0) is 10.0 Å². The van der Waals surface area contributed by atoms with Gasteiger partial charge in [0.05, 0.1) is 17.6 Å². The quantitative estimate of drug-likeness (QED) is 0.865. The lowest BCUT2D eigenvalue weighted by Crippen LogP contribution is -2.17. The average Bonchev–Trinajstić information content (AvgIpc) is 2.32. The van der Waals surface area contributed by atoms with Crippen LogP contribution in [-0.4, -0.2) is 18.4 Å². The monoisotopic (exact) mass is 268 g/mol. The van der Waals surface area contributed by atoms with Crippen molar-refractivity contribution in [2.75, 3.05) is 10.5 Å². The second-order valence-corrected chi connectivity index (χ2v) is 4.96. The molecular weight excluding hydrogens is 259 g/mol. The molecule has 0 atom stereocenters. The van der Waals surface area contributed by atoms with Crippen LogP contribution in [0, 0.1) is 5.82 Å². The molecule has 8 heteroatoms. The van der Waals surface area contributed by atoms with Crippen molar-refractivity contribution in [2.45, 2.75) is 5.03 Å². The first-order chi connectivity index (χ1) is 8.50. The maximum Gasteiger partial charge on any atom is 0.281 e. The summed E-state index contributed by atoms with van der Waals surface area (Å²) in [5, 5.41) is -0.346. The van der Waals surface area contributed by atoms with E-state index in [9.17, 15) is 12.8 Å². The maximum atomic E-state index is 13.3. The van der Waals surface area contributed by atoms with Crippen molar-refractivity contribution in [3.8, 4) is 0 Å². The van der Waals surface area contributed by atoms with Gasteiger partial charge in [0.15, 0.2) is 10.8 Å². The zero-order valence-corrected chi connectivity index (χ0v) is 9.86. The number of nitrogens with two attached hydrogens (primary N) is 1. The molecule has 2 heterocycles. The van der Waals surface area contributed by atoms with E-state index in [-0.39, 0.29) is 16.4 Å². The summed E-state index contributed by atoms with van der Waals surface area (Å²) in [6, 6.07) is 4.10. The van der Waals surface area contributed by atoms with E-state index in [0.29, 0.717) is 0 Å². The molecule has 94 valence electrons. The van der Waals surface area contributed by atoms with E-state index in [4.69, 9.17) is 5.73 Å². The summed E-state index contributed by atoms with van der Waals surface area (Å²) in [4.78, 5) is 7.18. The van der Waals surface area contributed by atoms with Crippen LogP contribution >= 0.6 is 0 Å². The predicted molar refractivity (Wildman–Crippen MR) is 63.7 cm³/mol. The maximum absolute atomic E-state index is 13.3. The van der Waals surface area contributed by atoms with Gasteiger partial charge in [-0.15, -0.1) is 0 Å². The van der Waals surface area contributed by atoms with Gasteiger partial charge in [0.25, 0.3) is 10.0 Å². The van der Waals surface area contributed by atoms with Crippen LogP contribution in [0.4, 0.5) is 15.8 Å². The Hall–Kier alpha value is -2.22. The van der Waals surface area contributed by atoms with Gasteiger partial charge in [0.2, 0.25) is 0 Å². The van der Waals surface area contributed by atoms with E-state index in [1.165, 1.54) is 30.6 Å². The number of nitrogen functional groups attached to an aromatic ring is 1. The first-order valence-corrected chi connectivity index (χ1v) is 6.32. The SMILES string of the molecule is Nc1cccnc1S(=O)(=O)Nc1ccncc1F. The molecule has 0 aliphatic heterocycles. The fourth-order valence-corrected chi connectivity index (χ4v) is 2.41. The minimum Gasteiger partial charge on any atom is -0.396 e. The van der Waals surface area contributed by atoms with Gasteiger partial charge >= 0.3 is 0 Å². The number of sulfonamides is 1. The average molecular weight is 268 g/mol. The number of hydrogen-bond donors (Lipinski definition) is 2. The zero-order chi connectivity index (χ0) is 13.2. The zero-order valence-electron chi connectivity index (χ0n) is 9.04. The Labute approximate surface area is 103 Å². The number of pyridine rings is 2. The number of hydrogen-bond acceptors (Lipinski definition) is 5. The highest BCUT2D eigenvalue weighted by Gasteiger charge is 2.20. The molecule has 0 aliphatic rings. The molecular formula is C10H9FN4O2S. The van der Waals surface area contributed by atoms with E-state index in [1.54, 1.807) is 0 Å². The molecule has 2 aromatic heterocycles. The van der Waals surface area contributed by atoms with Gasteiger partial charge in [-0.2, -0.15) is 8.42 Å². The third kappa shape index (κ3) is 2.38. The second-order valence-electron chi connectivity index (χ2n) is 3.36. The van der Waals surface area contributed by atoms with Crippen LogP contribution in [0.2, 0.25) is 0 Å². The van der Waals surface area contributed by atoms with Gasteiger partial charge in [-0.05, 0) is 18.2 Å². The molecule has 6 nitrogen and oxygen atoms in total. The third-order valence-corrected chi connectivity index (χ3v) is 3.41. The molecule has 3 N–H and O–H groups in total. The van der Waals surface area contributed by atoms with E-state index in [0.717, 1.165) is 6.20 Å². The summed E-state index contributed by atoms with van der Waals surface area (Å²) in [7, 11) is -4.02. The lowest BCUT2D eigenvalue weighted by molar-refractivity contribution is 0.595. The molecule has 0 amide bonds. The molecule has 0 aliphatic carbocycles. The summed E-state index contributed by atoms with van der Waals surface area (Å²) in [5.41, 5.74) is 5.28. The molecule has 0 unspecified atom stereocenters. The van der Waals surface area contributed by atoms with Gasteiger partial charge in [0.1, 0.15) is 0 Å². The van der Waals surface area contributed by atoms with Crippen molar-refractivity contribution in [1.29, 1.82) is 0 Å². The molecule has 2 rings (SSSR count). The van der Waals surface area contributed by atoms with Crippen LogP contribution in [0.3, 0.4) is 0 Å². The molecule has 2 aromatic rings. The molecule has 0 saturated carbocycles. The van der Waals surface area contributed by atoms with Gasteiger partial charge in [-0.1, -0.05) is 0 Å². The van der Waals surface area contributed by atoms with Crippen molar-refractivity contribution in [2.24, 2.45) is 0 Å². The Morgan fingerprint density at radius 3 is 2.72 bits per heavy atom. The highest BCUT2D eigenvalue weighted by molar-refractivity contribution is 7.92. The lowest BCUT2D eigenvalue weighted by atomic mass is 10.4. The minimum absolute atomic E-state index is 0.0144. The summed E-state index contributed by atoms with van der Waals surface area (Å²) in [6.07, 6.45) is 3.45. The standard InChI is InChI=1S/C10H9FN4O2S/c11-7-6-13-5-3-9(7)15-18(16,17)10-8(12)2-1-4-14-10/h1-6H,12H2,(H,13,15). The first-order valence-electron chi connectivity index (χ1n) is 4.83. The fourth-order valence-electron chi connectivity index (χ4n) is 1.28. The number of aromatic nitrogens is 2. The Balaban J connectivity index is 2.40. The molecule has 0 spiro atoms. The predicted octanol–water partition coefficient (Wildman–Crippen LogP) is 0.999. The number of rotatable bonds is 3. The van der Waals surface area contributed by atoms with Crippen LogP contribution in [0.1, 0.15) is 0 Å². The molecule has 0 fully saturated rings. The Morgan fingerprint density at radius 1 is 1.28 bits per heavy atom. The second kappa shape index (κ2) is 4.57.